The molecule has 8 nitrogen and oxygen atoms in total. The number of rotatable bonds is 7. The largest absolute Gasteiger partial charge is 0.497 e. The molecule has 2 heterocycles. The van der Waals surface area contributed by atoms with Gasteiger partial charge in [0.2, 0.25) is 10.0 Å². The summed E-state index contributed by atoms with van der Waals surface area (Å²) in [7, 11) is -2.45. The molecule has 0 unspecified atom stereocenters. The average molecular weight is 521 g/mol. The summed E-state index contributed by atoms with van der Waals surface area (Å²) in [6.07, 6.45) is 0. The van der Waals surface area contributed by atoms with E-state index in [0.29, 0.717) is 36.0 Å². The summed E-state index contributed by atoms with van der Waals surface area (Å²) in [6, 6.07) is 17.5. The summed E-state index contributed by atoms with van der Waals surface area (Å²) in [5.74, 6) is 1.55. The van der Waals surface area contributed by atoms with Gasteiger partial charge in [-0.1, -0.05) is 24.3 Å². The molecule has 37 heavy (non-hydrogen) atoms. The topological polar surface area (TPSA) is 97.9 Å². The molecule has 0 radical (unpaired) electrons. The third-order valence-corrected chi connectivity index (χ3v) is 8.32. The molecule has 192 valence electrons. The Hall–Kier alpha value is -3.82. The fraction of sp³-hybridized carbons (Fsp3) is 0.250. The first-order chi connectivity index (χ1) is 17.8. The van der Waals surface area contributed by atoms with E-state index in [1.807, 2.05) is 38.1 Å². The van der Waals surface area contributed by atoms with Gasteiger partial charge in [-0.3, -0.25) is 4.79 Å². The van der Waals surface area contributed by atoms with Crippen molar-refractivity contribution in [2.75, 3.05) is 20.3 Å². The molecule has 0 atom stereocenters. The van der Waals surface area contributed by atoms with Gasteiger partial charge in [-0.15, -0.1) is 0 Å². The molecule has 1 N–H and O–H groups in total. The molecule has 0 amide bonds. The number of sulfonamides is 1. The highest BCUT2D eigenvalue weighted by molar-refractivity contribution is 7.89. The summed E-state index contributed by atoms with van der Waals surface area (Å²) >= 11 is 0. The van der Waals surface area contributed by atoms with Gasteiger partial charge in [0.05, 0.1) is 17.5 Å². The highest BCUT2D eigenvalue weighted by Crippen LogP contribution is 2.34. The number of aryl methyl sites for hydroxylation is 2. The van der Waals surface area contributed by atoms with E-state index in [4.69, 9.17) is 14.2 Å². The van der Waals surface area contributed by atoms with E-state index < -0.39 is 10.0 Å². The zero-order valence-corrected chi connectivity index (χ0v) is 21.7. The van der Waals surface area contributed by atoms with Crippen LogP contribution in [-0.2, 0) is 23.1 Å². The number of ether oxygens (including phenoxy) is 3. The van der Waals surface area contributed by atoms with E-state index in [0.717, 1.165) is 27.6 Å². The lowest BCUT2D eigenvalue weighted by atomic mass is 10.0. The molecule has 0 saturated heterocycles. The fourth-order valence-corrected chi connectivity index (χ4v) is 5.84. The molecule has 1 aromatic heterocycles. The summed E-state index contributed by atoms with van der Waals surface area (Å²) < 4.78 is 45.6. The van der Waals surface area contributed by atoms with Crippen molar-refractivity contribution in [3.63, 3.8) is 0 Å². The lowest BCUT2D eigenvalue weighted by Crippen LogP contribution is -2.32. The predicted molar refractivity (Wildman–Crippen MR) is 141 cm³/mol. The molecule has 0 bridgehead atoms. The Morgan fingerprint density at radius 3 is 2.32 bits per heavy atom. The van der Waals surface area contributed by atoms with Crippen molar-refractivity contribution in [2.45, 2.75) is 31.8 Å². The molecular weight excluding hydrogens is 492 g/mol. The lowest BCUT2D eigenvalue weighted by Gasteiger charge is -2.24. The molecule has 0 saturated carbocycles. The number of hydrogen-bond donors (Lipinski definition) is 1. The second-order valence-electron chi connectivity index (χ2n) is 9.04. The van der Waals surface area contributed by atoms with Gasteiger partial charge < -0.3 is 19.2 Å². The highest BCUT2D eigenvalue weighted by Gasteiger charge is 2.28. The minimum absolute atomic E-state index is 0.0606. The van der Waals surface area contributed by atoms with Crippen LogP contribution < -0.4 is 19.8 Å². The van der Waals surface area contributed by atoms with Crippen LogP contribution in [0, 0.1) is 13.8 Å². The normalized spacial score (nSPS) is 13.2. The number of nitrogens with zero attached hydrogens (tertiary/aromatic N) is 1. The van der Waals surface area contributed by atoms with Crippen LogP contribution in [-0.4, -0.2) is 38.0 Å². The van der Waals surface area contributed by atoms with E-state index in [-0.39, 0.29) is 23.5 Å². The molecule has 0 spiro atoms. The van der Waals surface area contributed by atoms with Gasteiger partial charge in [0.15, 0.2) is 11.5 Å². The van der Waals surface area contributed by atoms with Crippen molar-refractivity contribution in [3.05, 3.63) is 93.3 Å². The van der Waals surface area contributed by atoms with Crippen LogP contribution in [0.1, 0.15) is 22.3 Å². The fourth-order valence-electron chi connectivity index (χ4n) is 4.42. The van der Waals surface area contributed by atoms with Crippen molar-refractivity contribution in [1.82, 2.24) is 9.29 Å². The number of nitrogens with one attached hydrogen (secondary N) is 1. The second-order valence-corrected chi connectivity index (χ2v) is 11.0. The van der Waals surface area contributed by atoms with Crippen LogP contribution in [0.5, 0.6) is 17.2 Å². The lowest BCUT2D eigenvalue weighted by molar-refractivity contribution is 0.171. The Bertz CT molecular complexity index is 1630. The number of fused-ring (bicyclic) bond motifs is 2. The Morgan fingerprint density at radius 1 is 0.892 bits per heavy atom. The van der Waals surface area contributed by atoms with Crippen molar-refractivity contribution in [2.24, 2.45) is 0 Å². The summed E-state index contributed by atoms with van der Waals surface area (Å²) in [6.45, 7) is 4.60. The average Bonchev–Trinajstić information content (AvgIpc) is 2.91. The van der Waals surface area contributed by atoms with Crippen molar-refractivity contribution in [3.8, 4) is 17.2 Å². The van der Waals surface area contributed by atoms with Crippen LogP contribution in [0.15, 0.2) is 70.4 Å². The SMILES string of the molecule is COc1ccc(CN(Cc2cc3c(C)ccc(C)c3[nH]c2=O)S(=O)(=O)c2ccc3c(c2)OCCO3)cc1. The van der Waals surface area contributed by atoms with Gasteiger partial charge in [0.1, 0.15) is 19.0 Å². The summed E-state index contributed by atoms with van der Waals surface area (Å²) in [5, 5.41) is 0.885. The number of H-pyrrole nitrogens is 1. The number of aromatic amines is 1. The molecule has 4 aromatic rings. The van der Waals surface area contributed by atoms with Crippen LogP contribution in [0.25, 0.3) is 10.9 Å². The standard InChI is InChI=1S/C28H28N2O6S/c1-18-4-5-19(2)27-24(18)14-21(28(31)29-27)17-30(16-20-6-8-22(34-3)9-7-20)37(32,33)23-10-11-25-26(15-23)36-13-12-35-25/h4-11,14-15H,12-13,16-17H2,1-3H3,(H,29,31). The van der Waals surface area contributed by atoms with Crippen LogP contribution in [0.2, 0.25) is 0 Å². The van der Waals surface area contributed by atoms with Crippen molar-refractivity contribution in [1.29, 1.82) is 0 Å². The Labute approximate surface area is 215 Å². The Kier molecular flexibility index (Phi) is 6.66. The Balaban J connectivity index is 1.58. The number of aromatic nitrogens is 1. The van der Waals surface area contributed by atoms with E-state index in [1.54, 1.807) is 31.4 Å². The summed E-state index contributed by atoms with van der Waals surface area (Å²) in [4.78, 5) is 16.1. The Morgan fingerprint density at radius 2 is 1.59 bits per heavy atom. The first-order valence-corrected chi connectivity index (χ1v) is 13.3. The van der Waals surface area contributed by atoms with Gasteiger partial charge in [0.25, 0.3) is 5.56 Å². The number of methoxy groups -OCH3 is 1. The minimum atomic E-state index is -4.02. The zero-order valence-electron chi connectivity index (χ0n) is 20.9. The number of hydrogen-bond acceptors (Lipinski definition) is 6. The molecule has 5 rings (SSSR count). The van der Waals surface area contributed by atoms with Gasteiger partial charge >= 0.3 is 0 Å². The molecule has 0 fully saturated rings. The molecule has 1 aliphatic rings. The maximum atomic E-state index is 13.9. The molecule has 3 aromatic carbocycles. The van der Waals surface area contributed by atoms with Gasteiger partial charge in [0, 0.05) is 30.1 Å². The van der Waals surface area contributed by atoms with Gasteiger partial charge in [-0.25, -0.2) is 8.42 Å². The first kappa shape index (κ1) is 24.9. The van der Waals surface area contributed by atoms with E-state index in [2.05, 4.69) is 4.98 Å². The van der Waals surface area contributed by atoms with E-state index >= 15 is 0 Å². The number of pyridine rings is 1. The summed E-state index contributed by atoms with van der Waals surface area (Å²) in [5.41, 5.74) is 3.49. The molecule has 1 aliphatic heterocycles. The van der Waals surface area contributed by atoms with Crippen LogP contribution >= 0.6 is 0 Å². The maximum Gasteiger partial charge on any atom is 0.252 e. The van der Waals surface area contributed by atoms with E-state index in [1.165, 1.54) is 16.4 Å². The minimum Gasteiger partial charge on any atom is -0.497 e. The monoisotopic (exact) mass is 520 g/mol. The first-order valence-electron chi connectivity index (χ1n) is 11.9. The molecule has 9 heteroatoms. The quantitative estimate of drug-likeness (QED) is 0.390. The van der Waals surface area contributed by atoms with Gasteiger partial charge in [-0.2, -0.15) is 4.31 Å². The maximum absolute atomic E-state index is 13.9. The van der Waals surface area contributed by atoms with Gasteiger partial charge in [-0.05, 0) is 60.9 Å². The molecular formula is C28H28N2O6S. The van der Waals surface area contributed by atoms with Crippen molar-refractivity contribution < 1.29 is 22.6 Å². The highest BCUT2D eigenvalue weighted by atomic mass is 32.2. The predicted octanol–water partition coefficient (Wildman–Crippen LogP) is 4.32. The zero-order chi connectivity index (χ0) is 26.2. The van der Waals surface area contributed by atoms with Crippen LogP contribution in [0.4, 0.5) is 0 Å². The number of benzene rings is 3. The smallest absolute Gasteiger partial charge is 0.252 e. The van der Waals surface area contributed by atoms with E-state index in [9.17, 15) is 13.2 Å². The van der Waals surface area contributed by atoms with Crippen molar-refractivity contribution >= 4 is 20.9 Å². The molecule has 0 aliphatic carbocycles. The second kappa shape index (κ2) is 9.91. The third kappa shape index (κ3) is 4.92. The third-order valence-electron chi connectivity index (χ3n) is 6.54. The van der Waals surface area contributed by atoms with Crippen LogP contribution in [0.3, 0.4) is 0 Å².